The highest BCUT2D eigenvalue weighted by Crippen LogP contribution is 2.23. The lowest BCUT2D eigenvalue weighted by Gasteiger charge is -2.36. The predicted molar refractivity (Wildman–Crippen MR) is 102 cm³/mol. The molecule has 0 aromatic heterocycles. The van der Waals surface area contributed by atoms with E-state index in [9.17, 15) is 13.2 Å². The number of hydrogen-bond acceptors (Lipinski definition) is 3. The van der Waals surface area contributed by atoms with Crippen molar-refractivity contribution in [2.24, 2.45) is 11.8 Å². The molecule has 0 radical (unpaired) electrons. The Morgan fingerprint density at radius 1 is 1.08 bits per heavy atom. The standard InChI is InChI=1S/C20H31NO3S/c1-14(2)19-8-6-18(7-9-19)13-25(23,24)17(5)20(22)21-11-15(3)10-16(4)12-21/h6-9,14-17H,10-13H2,1-5H3/t15-,16-,17-/m1/s1. The minimum Gasteiger partial charge on any atom is -0.341 e. The zero-order valence-corrected chi connectivity index (χ0v) is 16.8. The molecule has 0 saturated carbocycles. The summed E-state index contributed by atoms with van der Waals surface area (Å²) < 4.78 is 25.4. The fourth-order valence-electron chi connectivity index (χ4n) is 3.61. The van der Waals surface area contributed by atoms with Gasteiger partial charge in [-0.3, -0.25) is 4.79 Å². The molecule has 25 heavy (non-hydrogen) atoms. The molecule has 2 rings (SSSR count). The van der Waals surface area contributed by atoms with Gasteiger partial charge in [-0.05, 0) is 42.2 Å². The minimum atomic E-state index is -3.52. The van der Waals surface area contributed by atoms with Gasteiger partial charge in [0.2, 0.25) is 5.91 Å². The van der Waals surface area contributed by atoms with Crippen LogP contribution < -0.4 is 0 Å². The molecule has 1 saturated heterocycles. The Balaban J connectivity index is 2.08. The third-order valence-electron chi connectivity index (χ3n) is 5.08. The second-order valence-electron chi connectivity index (χ2n) is 8.03. The summed E-state index contributed by atoms with van der Waals surface area (Å²) >= 11 is 0. The Morgan fingerprint density at radius 3 is 2.08 bits per heavy atom. The summed E-state index contributed by atoms with van der Waals surface area (Å²) in [6, 6.07) is 7.65. The van der Waals surface area contributed by atoms with Gasteiger partial charge in [-0.15, -0.1) is 0 Å². The summed E-state index contributed by atoms with van der Waals surface area (Å²) in [7, 11) is -3.52. The zero-order valence-electron chi connectivity index (χ0n) is 16.0. The molecule has 1 aliphatic heterocycles. The quantitative estimate of drug-likeness (QED) is 0.801. The van der Waals surface area contributed by atoms with Crippen LogP contribution in [0.1, 0.15) is 58.1 Å². The Kier molecular flexibility index (Phi) is 6.30. The highest BCUT2D eigenvalue weighted by atomic mass is 32.2. The maximum absolute atomic E-state index is 12.7. The molecule has 0 aliphatic carbocycles. The van der Waals surface area contributed by atoms with E-state index in [2.05, 4.69) is 27.7 Å². The van der Waals surface area contributed by atoms with Gasteiger partial charge in [0.15, 0.2) is 9.84 Å². The van der Waals surface area contributed by atoms with Gasteiger partial charge in [0.05, 0.1) is 5.75 Å². The van der Waals surface area contributed by atoms with Crippen LogP contribution in [0.25, 0.3) is 0 Å². The van der Waals surface area contributed by atoms with Gasteiger partial charge in [0.1, 0.15) is 5.25 Å². The predicted octanol–water partition coefficient (Wildman–Crippen LogP) is 3.62. The van der Waals surface area contributed by atoms with Gasteiger partial charge in [0, 0.05) is 13.1 Å². The van der Waals surface area contributed by atoms with E-state index in [1.54, 1.807) is 4.90 Å². The SMILES string of the molecule is CC(C)c1ccc(CS(=O)(=O)[C@H](C)C(=O)N2C[C@H](C)C[C@@H](C)C2)cc1. The number of hydrogen-bond donors (Lipinski definition) is 0. The molecule has 4 nitrogen and oxygen atoms in total. The van der Waals surface area contributed by atoms with Gasteiger partial charge < -0.3 is 4.90 Å². The monoisotopic (exact) mass is 365 g/mol. The molecular formula is C20H31NO3S. The third-order valence-corrected chi connectivity index (χ3v) is 7.10. The van der Waals surface area contributed by atoms with Gasteiger partial charge in [-0.25, -0.2) is 8.42 Å². The molecular weight excluding hydrogens is 334 g/mol. The van der Waals surface area contributed by atoms with Crippen LogP contribution in [0.5, 0.6) is 0 Å². The molecule has 5 heteroatoms. The van der Waals surface area contributed by atoms with Crippen molar-refractivity contribution >= 4 is 15.7 Å². The van der Waals surface area contributed by atoms with Crippen molar-refractivity contribution in [2.45, 2.75) is 58.0 Å². The van der Waals surface area contributed by atoms with Crippen LogP contribution in [0, 0.1) is 11.8 Å². The van der Waals surface area contributed by atoms with Crippen LogP contribution in [-0.4, -0.2) is 37.6 Å². The average Bonchev–Trinajstić information content (AvgIpc) is 2.52. The normalized spacial score (nSPS) is 22.9. The maximum atomic E-state index is 12.7. The first-order valence-electron chi connectivity index (χ1n) is 9.19. The van der Waals surface area contributed by atoms with E-state index < -0.39 is 15.1 Å². The highest BCUT2D eigenvalue weighted by molar-refractivity contribution is 7.92. The van der Waals surface area contributed by atoms with E-state index in [1.165, 1.54) is 12.5 Å². The second kappa shape index (κ2) is 7.90. The first-order valence-corrected chi connectivity index (χ1v) is 10.9. The molecule has 1 fully saturated rings. The Bertz CT molecular complexity index is 684. The second-order valence-corrected chi connectivity index (χ2v) is 10.4. The first kappa shape index (κ1) is 20.0. The van der Waals surface area contributed by atoms with Crippen molar-refractivity contribution in [3.8, 4) is 0 Å². The summed E-state index contributed by atoms with van der Waals surface area (Å²) in [5, 5.41) is -0.991. The summed E-state index contributed by atoms with van der Waals surface area (Å²) in [5.74, 6) is 0.917. The van der Waals surface area contributed by atoms with E-state index in [0.717, 1.165) is 12.0 Å². The van der Waals surface area contributed by atoms with E-state index in [-0.39, 0.29) is 11.7 Å². The third kappa shape index (κ3) is 5.06. The molecule has 1 aromatic carbocycles. The van der Waals surface area contributed by atoms with Crippen LogP contribution in [-0.2, 0) is 20.4 Å². The summed E-state index contributed by atoms with van der Waals surface area (Å²) in [4.78, 5) is 14.5. The summed E-state index contributed by atoms with van der Waals surface area (Å²) in [5.41, 5.74) is 1.92. The molecule has 1 aliphatic rings. The van der Waals surface area contributed by atoms with Crippen molar-refractivity contribution in [1.29, 1.82) is 0 Å². The van der Waals surface area contributed by atoms with E-state index in [4.69, 9.17) is 0 Å². The van der Waals surface area contributed by atoms with Gasteiger partial charge in [-0.1, -0.05) is 52.0 Å². The number of likely N-dealkylation sites (tertiary alicyclic amines) is 1. The molecule has 140 valence electrons. The maximum Gasteiger partial charge on any atom is 0.240 e. The number of benzene rings is 1. The van der Waals surface area contributed by atoms with Crippen molar-refractivity contribution in [1.82, 2.24) is 4.90 Å². The smallest absolute Gasteiger partial charge is 0.240 e. The average molecular weight is 366 g/mol. The van der Waals surface area contributed by atoms with Gasteiger partial charge in [-0.2, -0.15) is 0 Å². The van der Waals surface area contributed by atoms with Crippen molar-refractivity contribution in [3.63, 3.8) is 0 Å². The molecule has 3 atom stereocenters. The Hall–Kier alpha value is -1.36. The number of rotatable bonds is 5. The van der Waals surface area contributed by atoms with Crippen molar-refractivity contribution in [2.75, 3.05) is 13.1 Å². The lowest BCUT2D eigenvalue weighted by Crippen LogP contribution is -2.48. The number of piperidine rings is 1. The van der Waals surface area contributed by atoms with E-state index in [0.29, 0.717) is 30.8 Å². The molecule has 1 heterocycles. The van der Waals surface area contributed by atoms with Crippen molar-refractivity contribution < 1.29 is 13.2 Å². The number of nitrogens with zero attached hydrogens (tertiary/aromatic N) is 1. The van der Waals surface area contributed by atoms with Crippen LogP contribution in [0.2, 0.25) is 0 Å². The molecule has 0 unspecified atom stereocenters. The number of sulfone groups is 1. The topological polar surface area (TPSA) is 54.5 Å². The highest BCUT2D eigenvalue weighted by Gasteiger charge is 2.34. The molecule has 0 N–H and O–H groups in total. The number of carbonyl (C=O) groups is 1. The van der Waals surface area contributed by atoms with Gasteiger partial charge in [0.25, 0.3) is 0 Å². The summed E-state index contributed by atoms with van der Waals surface area (Å²) in [6.07, 6.45) is 1.09. The van der Waals surface area contributed by atoms with E-state index >= 15 is 0 Å². The zero-order chi connectivity index (χ0) is 18.8. The van der Waals surface area contributed by atoms with Crippen molar-refractivity contribution in [3.05, 3.63) is 35.4 Å². The fraction of sp³-hybridized carbons (Fsp3) is 0.650. The fourth-order valence-corrected chi connectivity index (χ4v) is 4.97. The van der Waals surface area contributed by atoms with E-state index in [1.807, 2.05) is 24.3 Å². The number of amides is 1. The Morgan fingerprint density at radius 2 is 1.60 bits per heavy atom. The molecule has 0 bridgehead atoms. The largest absolute Gasteiger partial charge is 0.341 e. The first-order chi connectivity index (χ1) is 11.6. The summed E-state index contributed by atoms with van der Waals surface area (Å²) in [6.45, 7) is 11.3. The number of carbonyl (C=O) groups excluding carboxylic acids is 1. The molecule has 1 amide bonds. The molecule has 0 spiro atoms. The van der Waals surface area contributed by atoms with Crippen LogP contribution in [0.4, 0.5) is 0 Å². The lowest BCUT2D eigenvalue weighted by atomic mass is 9.92. The Labute approximate surface area is 152 Å². The lowest BCUT2D eigenvalue weighted by molar-refractivity contribution is -0.133. The van der Waals surface area contributed by atoms with Crippen LogP contribution in [0.15, 0.2) is 24.3 Å². The van der Waals surface area contributed by atoms with Gasteiger partial charge >= 0.3 is 0 Å². The van der Waals surface area contributed by atoms with Crippen LogP contribution in [0.3, 0.4) is 0 Å². The van der Waals surface area contributed by atoms with Crippen LogP contribution >= 0.6 is 0 Å². The minimum absolute atomic E-state index is 0.0861. The molecule has 1 aromatic rings.